The fourth-order valence-electron chi connectivity index (χ4n) is 1.81. The number of nitrogens with two attached hydrogens (primary N) is 1. The van der Waals surface area contributed by atoms with E-state index in [1.54, 1.807) is 4.68 Å². The van der Waals surface area contributed by atoms with E-state index in [1.165, 1.54) is 0 Å². The quantitative estimate of drug-likeness (QED) is 0.868. The maximum absolute atomic E-state index is 6.14. The number of ether oxygens (including phenoxy) is 1. The van der Waals surface area contributed by atoms with Gasteiger partial charge in [-0.15, -0.1) is 0 Å². The Morgan fingerprint density at radius 1 is 1.39 bits per heavy atom. The molecule has 1 heterocycles. The summed E-state index contributed by atoms with van der Waals surface area (Å²) < 4.78 is 7.27. The van der Waals surface area contributed by atoms with Crippen LogP contribution in [0.5, 0.6) is 5.75 Å². The zero-order chi connectivity index (χ0) is 13.3. The molecule has 0 fully saturated rings. The largest absolute Gasteiger partial charge is 0.492 e. The highest BCUT2D eigenvalue weighted by molar-refractivity contribution is 6.31. The SMILES string of the molecule is CCOc1cc(-n2nc(C)c(Cl)c2C)ccc1N. The molecule has 0 spiro atoms. The summed E-state index contributed by atoms with van der Waals surface area (Å²) in [5, 5.41) is 5.08. The van der Waals surface area contributed by atoms with Crippen molar-refractivity contribution in [2.45, 2.75) is 20.8 Å². The van der Waals surface area contributed by atoms with Gasteiger partial charge < -0.3 is 10.5 Å². The van der Waals surface area contributed by atoms with Crippen LogP contribution in [0.2, 0.25) is 5.02 Å². The number of nitrogen functional groups attached to an aromatic ring is 1. The van der Waals surface area contributed by atoms with E-state index < -0.39 is 0 Å². The predicted octanol–water partition coefficient (Wildman–Crippen LogP) is 3.12. The second-order valence-corrected chi connectivity index (χ2v) is 4.43. The van der Waals surface area contributed by atoms with Gasteiger partial charge in [0.25, 0.3) is 0 Å². The molecule has 96 valence electrons. The van der Waals surface area contributed by atoms with Crippen LogP contribution in [0.15, 0.2) is 18.2 Å². The summed E-state index contributed by atoms with van der Waals surface area (Å²) in [6, 6.07) is 5.58. The summed E-state index contributed by atoms with van der Waals surface area (Å²) in [6.45, 7) is 6.31. The van der Waals surface area contributed by atoms with Crippen molar-refractivity contribution >= 4 is 17.3 Å². The molecule has 2 aromatic rings. The first-order chi connectivity index (χ1) is 8.54. The highest BCUT2D eigenvalue weighted by atomic mass is 35.5. The van der Waals surface area contributed by atoms with Gasteiger partial charge in [0, 0.05) is 6.07 Å². The molecule has 0 unspecified atom stereocenters. The van der Waals surface area contributed by atoms with Crippen LogP contribution in [0, 0.1) is 13.8 Å². The molecule has 0 radical (unpaired) electrons. The number of rotatable bonds is 3. The van der Waals surface area contributed by atoms with Gasteiger partial charge in [0.15, 0.2) is 0 Å². The van der Waals surface area contributed by atoms with Crippen LogP contribution < -0.4 is 10.5 Å². The van der Waals surface area contributed by atoms with Crippen LogP contribution in [-0.4, -0.2) is 16.4 Å². The van der Waals surface area contributed by atoms with E-state index in [1.807, 2.05) is 39.0 Å². The minimum absolute atomic E-state index is 0.575. The minimum Gasteiger partial charge on any atom is -0.492 e. The number of halogens is 1. The molecule has 0 amide bonds. The summed E-state index contributed by atoms with van der Waals surface area (Å²) in [5.41, 5.74) is 9.07. The Morgan fingerprint density at radius 3 is 2.67 bits per heavy atom. The Labute approximate surface area is 111 Å². The summed E-state index contributed by atoms with van der Waals surface area (Å²) in [6.07, 6.45) is 0. The van der Waals surface area contributed by atoms with Gasteiger partial charge in [-0.3, -0.25) is 0 Å². The molecule has 0 bridgehead atoms. The van der Waals surface area contributed by atoms with Gasteiger partial charge in [-0.05, 0) is 32.9 Å². The zero-order valence-electron chi connectivity index (χ0n) is 10.7. The number of hydrogen-bond donors (Lipinski definition) is 1. The average molecular weight is 266 g/mol. The Morgan fingerprint density at radius 2 is 2.11 bits per heavy atom. The van der Waals surface area contributed by atoms with Crippen molar-refractivity contribution in [3.63, 3.8) is 0 Å². The Hall–Kier alpha value is -1.68. The molecule has 2 rings (SSSR count). The normalized spacial score (nSPS) is 10.7. The summed E-state index contributed by atoms with van der Waals surface area (Å²) in [5.74, 6) is 0.665. The first kappa shape index (κ1) is 12.8. The van der Waals surface area contributed by atoms with E-state index in [0.717, 1.165) is 17.1 Å². The van der Waals surface area contributed by atoms with Gasteiger partial charge in [-0.2, -0.15) is 5.10 Å². The number of aromatic nitrogens is 2. The zero-order valence-corrected chi connectivity index (χ0v) is 11.5. The lowest BCUT2D eigenvalue weighted by molar-refractivity contribution is 0.342. The van der Waals surface area contributed by atoms with Crippen molar-refractivity contribution < 1.29 is 4.74 Å². The molecule has 0 aliphatic heterocycles. The third kappa shape index (κ3) is 2.16. The third-order valence-electron chi connectivity index (χ3n) is 2.74. The van der Waals surface area contributed by atoms with Crippen molar-refractivity contribution in [3.05, 3.63) is 34.6 Å². The van der Waals surface area contributed by atoms with Crippen LogP contribution in [0.3, 0.4) is 0 Å². The lowest BCUT2D eigenvalue weighted by Gasteiger charge is -2.10. The highest BCUT2D eigenvalue weighted by Crippen LogP contribution is 2.27. The molecule has 0 aliphatic carbocycles. The van der Waals surface area contributed by atoms with Crippen molar-refractivity contribution in [3.8, 4) is 11.4 Å². The summed E-state index contributed by atoms with van der Waals surface area (Å²) in [7, 11) is 0. The molecule has 1 aromatic carbocycles. The molecule has 18 heavy (non-hydrogen) atoms. The average Bonchev–Trinajstić information content (AvgIpc) is 2.60. The van der Waals surface area contributed by atoms with Gasteiger partial charge in [-0.1, -0.05) is 11.6 Å². The van der Waals surface area contributed by atoms with E-state index in [-0.39, 0.29) is 0 Å². The molecule has 1 aromatic heterocycles. The van der Waals surface area contributed by atoms with Crippen molar-refractivity contribution in [1.29, 1.82) is 0 Å². The summed E-state index contributed by atoms with van der Waals surface area (Å²) >= 11 is 6.14. The number of benzene rings is 1. The molecule has 0 saturated heterocycles. The van der Waals surface area contributed by atoms with Gasteiger partial charge >= 0.3 is 0 Å². The maximum Gasteiger partial charge on any atom is 0.144 e. The molecular weight excluding hydrogens is 250 g/mol. The molecule has 0 saturated carbocycles. The highest BCUT2D eigenvalue weighted by Gasteiger charge is 2.12. The fraction of sp³-hybridized carbons (Fsp3) is 0.308. The van der Waals surface area contributed by atoms with Crippen LogP contribution in [0.1, 0.15) is 18.3 Å². The Kier molecular flexibility index (Phi) is 3.48. The maximum atomic E-state index is 6.14. The standard InChI is InChI=1S/C13H16ClN3O/c1-4-18-12-7-10(5-6-11(12)15)17-9(3)13(14)8(2)16-17/h5-7H,4,15H2,1-3H3. The molecular formula is C13H16ClN3O. The Balaban J connectivity index is 2.50. The van der Waals surface area contributed by atoms with Gasteiger partial charge in [-0.25, -0.2) is 4.68 Å². The van der Waals surface area contributed by atoms with E-state index in [2.05, 4.69) is 5.10 Å². The predicted molar refractivity (Wildman–Crippen MR) is 73.6 cm³/mol. The van der Waals surface area contributed by atoms with E-state index in [4.69, 9.17) is 22.1 Å². The first-order valence-corrected chi connectivity index (χ1v) is 6.16. The molecule has 2 N–H and O–H groups in total. The van der Waals surface area contributed by atoms with Gasteiger partial charge in [0.1, 0.15) is 5.75 Å². The molecule has 4 nitrogen and oxygen atoms in total. The number of hydrogen-bond acceptors (Lipinski definition) is 3. The number of nitrogens with zero attached hydrogens (tertiary/aromatic N) is 2. The first-order valence-electron chi connectivity index (χ1n) is 5.79. The van der Waals surface area contributed by atoms with Crippen molar-refractivity contribution in [2.75, 3.05) is 12.3 Å². The second kappa shape index (κ2) is 4.90. The third-order valence-corrected chi connectivity index (χ3v) is 3.29. The summed E-state index contributed by atoms with van der Waals surface area (Å²) in [4.78, 5) is 0. The topological polar surface area (TPSA) is 53.1 Å². The fourth-order valence-corrected chi connectivity index (χ4v) is 1.93. The van der Waals surface area contributed by atoms with Crippen LogP contribution in [0.4, 0.5) is 5.69 Å². The lowest BCUT2D eigenvalue weighted by atomic mass is 10.2. The van der Waals surface area contributed by atoms with Crippen molar-refractivity contribution in [2.24, 2.45) is 0 Å². The smallest absolute Gasteiger partial charge is 0.144 e. The van der Waals surface area contributed by atoms with E-state index >= 15 is 0 Å². The van der Waals surface area contributed by atoms with Crippen LogP contribution in [0.25, 0.3) is 5.69 Å². The van der Waals surface area contributed by atoms with E-state index in [9.17, 15) is 0 Å². The van der Waals surface area contributed by atoms with Gasteiger partial charge in [0.2, 0.25) is 0 Å². The monoisotopic (exact) mass is 265 g/mol. The number of aryl methyl sites for hydroxylation is 1. The van der Waals surface area contributed by atoms with Gasteiger partial charge in [0.05, 0.1) is 34.4 Å². The second-order valence-electron chi connectivity index (χ2n) is 4.05. The van der Waals surface area contributed by atoms with Crippen molar-refractivity contribution in [1.82, 2.24) is 9.78 Å². The molecule has 0 aliphatic rings. The van der Waals surface area contributed by atoms with Crippen LogP contribution in [-0.2, 0) is 0 Å². The van der Waals surface area contributed by atoms with E-state index in [0.29, 0.717) is 23.1 Å². The lowest BCUT2D eigenvalue weighted by Crippen LogP contribution is -2.02. The molecule has 0 atom stereocenters. The molecule has 5 heteroatoms. The number of anilines is 1. The minimum atomic E-state index is 0.575. The van der Waals surface area contributed by atoms with Crippen LogP contribution >= 0.6 is 11.6 Å². The Bertz CT molecular complexity index is 578.